The first-order valence-electron chi connectivity index (χ1n) is 8.02. The average Bonchev–Trinajstić information content (AvgIpc) is 3.28. The summed E-state index contributed by atoms with van der Waals surface area (Å²) in [6.07, 6.45) is 7.30. The number of nitrogens with zero attached hydrogens (tertiary/aromatic N) is 4. The van der Waals surface area contributed by atoms with Crippen molar-refractivity contribution in [1.29, 1.82) is 0 Å². The van der Waals surface area contributed by atoms with Crippen molar-refractivity contribution in [3.8, 4) is 0 Å². The van der Waals surface area contributed by atoms with Gasteiger partial charge in [-0.05, 0) is 30.4 Å². The zero-order valence-corrected chi connectivity index (χ0v) is 12.6. The van der Waals surface area contributed by atoms with Crippen molar-refractivity contribution in [2.24, 2.45) is 5.92 Å². The van der Waals surface area contributed by atoms with Gasteiger partial charge in [-0.3, -0.25) is 4.98 Å². The Balaban J connectivity index is 1.38. The quantitative estimate of drug-likeness (QED) is 0.875. The van der Waals surface area contributed by atoms with Gasteiger partial charge < -0.3 is 10.1 Å². The van der Waals surface area contributed by atoms with Crippen LogP contribution in [0.25, 0.3) is 0 Å². The van der Waals surface area contributed by atoms with Gasteiger partial charge in [0.05, 0.1) is 24.9 Å². The van der Waals surface area contributed by atoms with E-state index in [1.165, 1.54) is 18.5 Å². The molecule has 1 aliphatic carbocycles. The number of aromatic nitrogens is 4. The minimum atomic E-state index is 0.147. The van der Waals surface area contributed by atoms with E-state index in [2.05, 4.69) is 25.3 Å². The average molecular weight is 299 g/mol. The zero-order chi connectivity index (χ0) is 14.8. The summed E-state index contributed by atoms with van der Waals surface area (Å²) >= 11 is 0. The number of fused-ring (bicyclic) bond motifs is 1. The lowest BCUT2D eigenvalue weighted by molar-refractivity contribution is 0.0955. The van der Waals surface area contributed by atoms with E-state index in [4.69, 9.17) is 4.74 Å². The van der Waals surface area contributed by atoms with Gasteiger partial charge in [0.25, 0.3) is 0 Å². The summed E-state index contributed by atoms with van der Waals surface area (Å²) in [5, 5.41) is 12.2. The summed E-state index contributed by atoms with van der Waals surface area (Å²) in [5.74, 6) is 0.820. The van der Waals surface area contributed by atoms with Crippen molar-refractivity contribution in [1.82, 2.24) is 25.3 Å². The fourth-order valence-corrected chi connectivity index (χ4v) is 2.94. The van der Waals surface area contributed by atoms with E-state index >= 15 is 0 Å². The molecule has 0 spiro atoms. The van der Waals surface area contributed by atoms with Crippen LogP contribution in [-0.4, -0.2) is 33.1 Å². The number of hydrogen-bond donors (Lipinski definition) is 1. The molecule has 6 nitrogen and oxygen atoms in total. The summed E-state index contributed by atoms with van der Waals surface area (Å²) in [4.78, 5) is 4.10. The molecule has 1 atom stereocenters. The number of rotatable bonds is 6. The lowest BCUT2D eigenvalue weighted by Gasteiger charge is -2.23. The molecule has 2 aromatic rings. The molecule has 116 valence electrons. The third-order valence-corrected chi connectivity index (χ3v) is 4.35. The van der Waals surface area contributed by atoms with Gasteiger partial charge in [0, 0.05) is 31.9 Å². The van der Waals surface area contributed by atoms with Gasteiger partial charge in [-0.25, -0.2) is 4.68 Å². The molecular weight excluding hydrogens is 278 g/mol. The van der Waals surface area contributed by atoms with Crippen LogP contribution >= 0.6 is 0 Å². The summed E-state index contributed by atoms with van der Waals surface area (Å²) in [6, 6.07) is 4.10. The van der Waals surface area contributed by atoms with Crippen LogP contribution in [-0.2, 0) is 24.3 Å². The summed E-state index contributed by atoms with van der Waals surface area (Å²) in [7, 11) is 0. The van der Waals surface area contributed by atoms with Crippen LogP contribution in [0.5, 0.6) is 0 Å². The first kappa shape index (κ1) is 13.8. The molecule has 0 amide bonds. The van der Waals surface area contributed by atoms with E-state index in [0.29, 0.717) is 13.2 Å². The molecule has 1 saturated carbocycles. The molecular formula is C16H21N5O. The highest BCUT2D eigenvalue weighted by molar-refractivity contribution is 5.19. The molecule has 6 heteroatoms. The molecule has 2 aliphatic rings. The van der Waals surface area contributed by atoms with Crippen LogP contribution in [0.15, 0.2) is 24.5 Å². The van der Waals surface area contributed by atoms with Gasteiger partial charge in [0.15, 0.2) is 0 Å². The van der Waals surface area contributed by atoms with Gasteiger partial charge >= 0.3 is 0 Å². The van der Waals surface area contributed by atoms with E-state index in [1.54, 1.807) is 6.20 Å². The van der Waals surface area contributed by atoms with Crippen LogP contribution in [0, 0.1) is 5.92 Å². The highest BCUT2D eigenvalue weighted by Crippen LogP contribution is 2.31. The summed E-state index contributed by atoms with van der Waals surface area (Å²) in [5.41, 5.74) is 3.45. The van der Waals surface area contributed by atoms with Crippen LogP contribution in [0.3, 0.4) is 0 Å². The van der Waals surface area contributed by atoms with Crippen molar-refractivity contribution < 1.29 is 4.74 Å². The van der Waals surface area contributed by atoms with Crippen molar-refractivity contribution >= 4 is 0 Å². The topological polar surface area (TPSA) is 64.9 Å². The Morgan fingerprint density at radius 1 is 1.36 bits per heavy atom. The SMILES string of the molecule is c1cncc(COC[C@@H]2NCCc3c2nnn3CC2CC2)c1. The lowest BCUT2D eigenvalue weighted by atomic mass is 10.1. The molecule has 22 heavy (non-hydrogen) atoms. The first-order chi connectivity index (χ1) is 10.9. The Morgan fingerprint density at radius 3 is 3.14 bits per heavy atom. The Kier molecular flexibility index (Phi) is 3.86. The van der Waals surface area contributed by atoms with Gasteiger partial charge in [-0.1, -0.05) is 11.3 Å². The first-order valence-corrected chi connectivity index (χ1v) is 8.02. The molecule has 0 unspecified atom stereocenters. The maximum Gasteiger partial charge on any atom is 0.105 e. The van der Waals surface area contributed by atoms with Crippen molar-refractivity contribution in [2.75, 3.05) is 13.2 Å². The lowest BCUT2D eigenvalue weighted by Crippen LogP contribution is -2.33. The van der Waals surface area contributed by atoms with E-state index in [9.17, 15) is 0 Å². The molecule has 0 bridgehead atoms. The van der Waals surface area contributed by atoms with Crippen LogP contribution in [0.4, 0.5) is 0 Å². The number of hydrogen-bond acceptors (Lipinski definition) is 5. The van der Waals surface area contributed by atoms with Gasteiger partial charge in [0.1, 0.15) is 5.69 Å². The number of pyridine rings is 1. The third-order valence-electron chi connectivity index (χ3n) is 4.35. The van der Waals surface area contributed by atoms with Crippen molar-refractivity contribution in [3.63, 3.8) is 0 Å². The highest BCUT2D eigenvalue weighted by Gasteiger charge is 2.29. The number of ether oxygens (including phenoxy) is 1. The van der Waals surface area contributed by atoms with Gasteiger partial charge in [-0.15, -0.1) is 5.10 Å². The molecule has 0 radical (unpaired) electrons. The fraction of sp³-hybridized carbons (Fsp3) is 0.562. The van der Waals surface area contributed by atoms with Crippen LogP contribution in [0.1, 0.15) is 35.8 Å². The Bertz CT molecular complexity index is 623. The monoisotopic (exact) mass is 299 g/mol. The summed E-state index contributed by atoms with van der Waals surface area (Å²) < 4.78 is 7.95. The van der Waals surface area contributed by atoms with E-state index in [-0.39, 0.29) is 6.04 Å². The maximum atomic E-state index is 5.84. The second-order valence-corrected chi connectivity index (χ2v) is 6.18. The smallest absolute Gasteiger partial charge is 0.105 e. The largest absolute Gasteiger partial charge is 0.375 e. The fourth-order valence-electron chi connectivity index (χ4n) is 2.94. The second kappa shape index (κ2) is 6.14. The molecule has 1 N–H and O–H groups in total. The van der Waals surface area contributed by atoms with Gasteiger partial charge in [0.2, 0.25) is 0 Å². The Hall–Kier alpha value is -1.79. The van der Waals surface area contributed by atoms with Gasteiger partial charge in [-0.2, -0.15) is 0 Å². The van der Waals surface area contributed by atoms with Crippen molar-refractivity contribution in [2.45, 2.75) is 38.5 Å². The second-order valence-electron chi connectivity index (χ2n) is 6.18. The predicted molar refractivity (Wildman–Crippen MR) is 81.1 cm³/mol. The predicted octanol–water partition coefficient (Wildman–Crippen LogP) is 1.49. The molecule has 4 rings (SSSR count). The third kappa shape index (κ3) is 3.03. The molecule has 3 heterocycles. The minimum absolute atomic E-state index is 0.147. The van der Waals surface area contributed by atoms with Crippen molar-refractivity contribution in [3.05, 3.63) is 41.5 Å². The molecule has 1 aliphatic heterocycles. The van der Waals surface area contributed by atoms with E-state index in [1.807, 2.05) is 18.3 Å². The number of nitrogens with one attached hydrogen (secondary N) is 1. The standard InChI is InChI=1S/C16H21N5O/c1-2-13(8-17-6-1)10-22-11-14-16-15(5-7-18-14)21(20-19-16)9-12-3-4-12/h1-2,6,8,12,14,18H,3-5,7,9-11H2/t14-/m0/s1. The molecule has 1 fully saturated rings. The van der Waals surface area contributed by atoms with E-state index in [0.717, 1.165) is 36.7 Å². The summed E-state index contributed by atoms with van der Waals surface area (Å²) in [6.45, 7) is 3.19. The molecule has 0 aromatic carbocycles. The Labute approximate surface area is 129 Å². The molecule has 2 aromatic heterocycles. The molecule has 0 saturated heterocycles. The van der Waals surface area contributed by atoms with Crippen LogP contribution < -0.4 is 5.32 Å². The normalized spacial score (nSPS) is 20.8. The highest BCUT2D eigenvalue weighted by atomic mass is 16.5. The Morgan fingerprint density at radius 2 is 2.32 bits per heavy atom. The van der Waals surface area contributed by atoms with E-state index < -0.39 is 0 Å². The minimum Gasteiger partial charge on any atom is -0.375 e. The van der Waals surface area contributed by atoms with Crippen LogP contribution in [0.2, 0.25) is 0 Å². The maximum absolute atomic E-state index is 5.84. The zero-order valence-electron chi connectivity index (χ0n) is 12.6.